The van der Waals surface area contributed by atoms with Gasteiger partial charge in [-0.15, -0.1) is 11.3 Å². The zero-order chi connectivity index (χ0) is 16.8. The van der Waals surface area contributed by atoms with Crippen LogP contribution in [0.15, 0.2) is 0 Å². The number of aryl methyl sites for hydroxylation is 2. The Hall–Kier alpha value is -1.14. The molecule has 2 amide bonds. The Bertz CT molecular complexity index is 510. The lowest BCUT2D eigenvalue weighted by molar-refractivity contribution is 0.134. The van der Waals surface area contributed by atoms with Gasteiger partial charge in [-0.05, 0) is 44.9 Å². The highest BCUT2D eigenvalue weighted by Crippen LogP contribution is 2.26. The van der Waals surface area contributed by atoms with E-state index in [4.69, 9.17) is 0 Å². The van der Waals surface area contributed by atoms with E-state index in [2.05, 4.69) is 24.1 Å². The third-order valence-corrected chi connectivity index (χ3v) is 5.90. The molecule has 23 heavy (non-hydrogen) atoms. The SMILES string of the molecule is CCc1nc(CCNC(=O)N(C)C2CCC(CO)CC2)sc1C. The number of thiazole rings is 1. The van der Waals surface area contributed by atoms with Crippen LogP contribution >= 0.6 is 11.3 Å². The van der Waals surface area contributed by atoms with Crippen molar-refractivity contribution in [1.82, 2.24) is 15.2 Å². The van der Waals surface area contributed by atoms with Crippen molar-refractivity contribution in [3.63, 3.8) is 0 Å². The molecule has 2 rings (SSSR count). The highest BCUT2D eigenvalue weighted by molar-refractivity contribution is 7.11. The summed E-state index contributed by atoms with van der Waals surface area (Å²) in [6.07, 6.45) is 5.76. The van der Waals surface area contributed by atoms with Crippen molar-refractivity contribution in [3.8, 4) is 0 Å². The molecule has 0 saturated heterocycles. The molecule has 6 heteroatoms. The number of carbonyl (C=O) groups is 1. The number of nitrogens with one attached hydrogen (secondary N) is 1. The Morgan fingerprint density at radius 1 is 1.39 bits per heavy atom. The van der Waals surface area contributed by atoms with Crippen molar-refractivity contribution < 1.29 is 9.90 Å². The van der Waals surface area contributed by atoms with Crippen molar-refractivity contribution in [3.05, 3.63) is 15.6 Å². The minimum absolute atomic E-state index is 0.00133. The third-order valence-electron chi connectivity index (χ3n) is 4.83. The summed E-state index contributed by atoms with van der Waals surface area (Å²) in [7, 11) is 1.88. The van der Waals surface area contributed by atoms with Crippen LogP contribution in [0.2, 0.25) is 0 Å². The van der Waals surface area contributed by atoms with Crippen molar-refractivity contribution in [2.75, 3.05) is 20.2 Å². The van der Waals surface area contributed by atoms with E-state index >= 15 is 0 Å². The Morgan fingerprint density at radius 3 is 2.65 bits per heavy atom. The normalized spacial score (nSPS) is 21.2. The lowest BCUT2D eigenvalue weighted by atomic mass is 9.86. The molecule has 5 nitrogen and oxygen atoms in total. The van der Waals surface area contributed by atoms with Gasteiger partial charge < -0.3 is 15.3 Å². The van der Waals surface area contributed by atoms with E-state index in [0.717, 1.165) is 43.5 Å². The van der Waals surface area contributed by atoms with Crippen molar-refractivity contribution in [1.29, 1.82) is 0 Å². The van der Waals surface area contributed by atoms with E-state index in [1.165, 1.54) is 10.6 Å². The van der Waals surface area contributed by atoms with E-state index in [0.29, 0.717) is 18.5 Å². The van der Waals surface area contributed by atoms with Crippen LogP contribution in [0.1, 0.15) is 48.2 Å². The molecule has 1 fully saturated rings. The Balaban J connectivity index is 1.73. The van der Waals surface area contributed by atoms with Crippen LogP contribution in [0.4, 0.5) is 4.79 Å². The first-order valence-corrected chi connectivity index (χ1v) is 9.43. The topological polar surface area (TPSA) is 65.5 Å². The fraction of sp³-hybridized carbons (Fsp3) is 0.765. The Morgan fingerprint density at radius 2 is 2.09 bits per heavy atom. The number of nitrogens with zero attached hydrogens (tertiary/aromatic N) is 2. The molecule has 0 aliphatic heterocycles. The van der Waals surface area contributed by atoms with Crippen LogP contribution in [-0.2, 0) is 12.8 Å². The summed E-state index contributed by atoms with van der Waals surface area (Å²) in [6.45, 7) is 5.13. The van der Waals surface area contributed by atoms with Gasteiger partial charge in [0.25, 0.3) is 0 Å². The second-order valence-electron chi connectivity index (χ2n) is 6.41. The molecule has 0 atom stereocenters. The summed E-state index contributed by atoms with van der Waals surface area (Å²) in [5.74, 6) is 0.420. The number of urea groups is 1. The zero-order valence-electron chi connectivity index (χ0n) is 14.5. The zero-order valence-corrected chi connectivity index (χ0v) is 15.3. The fourth-order valence-electron chi connectivity index (χ4n) is 3.20. The van der Waals surface area contributed by atoms with Gasteiger partial charge in [0.15, 0.2) is 0 Å². The molecule has 1 aliphatic rings. The molecule has 0 spiro atoms. The van der Waals surface area contributed by atoms with Gasteiger partial charge in [0.1, 0.15) is 0 Å². The van der Waals surface area contributed by atoms with Crippen LogP contribution in [0.25, 0.3) is 0 Å². The average molecular weight is 340 g/mol. The van der Waals surface area contributed by atoms with Gasteiger partial charge in [-0.3, -0.25) is 0 Å². The lowest BCUT2D eigenvalue weighted by Crippen LogP contribution is -2.45. The smallest absolute Gasteiger partial charge is 0.317 e. The summed E-state index contributed by atoms with van der Waals surface area (Å²) in [5, 5.41) is 13.3. The van der Waals surface area contributed by atoms with Crippen molar-refractivity contribution in [2.24, 2.45) is 5.92 Å². The fourth-order valence-corrected chi connectivity index (χ4v) is 4.23. The van der Waals surface area contributed by atoms with Crippen LogP contribution in [0.3, 0.4) is 0 Å². The molecule has 1 aromatic rings. The molecule has 0 bridgehead atoms. The Kier molecular flexibility index (Phi) is 6.84. The van der Waals surface area contributed by atoms with Crippen molar-refractivity contribution in [2.45, 2.75) is 58.4 Å². The minimum atomic E-state index is 0.00133. The highest BCUT2D eigenvalue weighted by Gasteiger charge is 2.26. The summed E-state index contributed by atoms with van der Waals surface area (Å²) in [5.41, 5.74) is 1.18. The maximum absolute atomic E-state index is 12.3. The lowest BCUT2D eigenvalue weighted by Gasteiger charge is -2.34. The molecule has 1 heterocycles. The molecule has 1 saturated carbocycles. The second kappa shape index (κ2) is 8.64. The maximum Gasteiger partial charge on any atom is 0.317 e. The maximum atomic E-state index is 12.3. The first kappa shape index (κ1) is 18.2. The summed E-state index contributed by atoms with van der Waals surface area (Å²) < 4.78 is 0. The number of carbonyl (C=O) groups excluding carboxylic acids is 1. The number of hydrogen-bond acceptors (Lipinski definition) is 4. The van der Waals surface area contributed by atoms with E-state index < -0.39 is 0 Å². The quantitative estimate of drug-likeness (QED) is 0.837. The van der Waals surface area contributed by atoms with Gasteiger partial charge in [0.2, 0.25) is 0 Å². The summed E-state index contributed by atoms with van der Waals surface area (Å²) in [4.78, 5) is 20.0. The van der Waals surface area contributed by atoms with Crippen LogP contribution in [0, 0.1) is 12.8 Å². The van der Waals surface area contributed by atoms with E-state index in [-0.39, 0.29) is 12.6 Å². The second-order valence-corrected chi connectivity index (χ2v) is 7.70. The average Bonchev–Trinajstić information content (AvgIpc) is 2.94. The number of aromatic nitrogens is 1. The van der Waals surface area contributed by atoms with Gasteiger partial charge >= 0.3 is 6.03 Å². The third kappa shape index (κ3) is 4.91. The van der Waals surface area contributed by atoms with Gasteiger partial charge in [0, 0.05) is 37.5 Å². The molecule has 1 aromatic heterocycles. The molecular weight excluding hydrogens is 310 g/mol. The molecule has 0 unspecified atom stereocenters. The first-order chi connectivity index (χ1) is 11.0. The van der Waals surface area contributed by atoms with E-state index in [1.54, 1.807) is 11.3 Å². The van der Waals surface area contributed by atoms with Crippen LogP contribution in [-0.4, -0.2) is 47.3 Å². The van der Waals surface area contributed by atoms with Gasteiger partial charge in [-0.25, -0.2) is 9.78 Å². The monoisotopic (exact) mass is 339 g/mol. The summed E-state index contributed by atoms with van der Waals surface area (Å²) >= 11 is 1.73. The number of hydrogen-bond donors (Lipinski definition) is 2. The largest absolute Gasteiger partial charge is 0.396 e. The van der Waals surface area contributed by atoms with Gasteiger partial charge in [0.05, 0.1) is 10.7 Å². The number of amides is 2. The molecular formula is C17H29N3O2S. The predicted molar refractivity (Wildman–Crippen MR) is 93.9 cm³/mol. The number of rotatable bonds is 6. The van der Waals surface area contributed by atoms with E-state index in [1.807, 2.05) is 11.9 Å². The van der Waals surface area contributed by atoms with Crippen LogP contribution < -0.4 is 5.32 Å². The number of aliphatic hydroxyl groups excluding tert-OH is 1. The minimum Gasteiger partial charge on any atom is -0.396 e. The molecule has 1 aliphatic carbocycles. The molecule has 0 radical (unpaired) electrons. The first-order valence-electron chi connectivity index (χ1n) is 8.61. The summed E-state index contributed by atoms with van der Waals surface area (Å²) in [6, 6.07) is 0.299. The molecule has 2 N–H and O–H groups in total. The molecule has 0 aromatic carbocycles. The van der Waals surface area contributed by atoms with Gasteiger partial charge in [-0.1, -0.05) is 6.92 Å². The molecule has 130 valence electrons. The van der Waals surface area contributed by atoms with Crippen molar-refractivity contribution >= 4 is 17.4 Å². The standard InChI is InChI=1S/C17H29N3O2S/c1-4-15-12(2)23-16(19-15)9-10-18-17(22)20(3)14-7-5-13(11-21)6-8-14/h13-14,21H,4-11H2,1-3H3,(H,18,22). The Labute approximate surface area is 143 Å². The number of aliphatic hydroxyl groups is 1. The highest BCUT2D eigenvalue weighted by atomic mass is 32.1. The van der Waals surface area contributed by atoms with Crippen LogP contribution in [0.5, 0.6) is 0 Å². The van der Waals surface area contributed by atoms with Gasteiger partial charge in [-0.2, -0.15) is 0 Å². The van der Waals surface area contributed by atoms with E-state index in [9.17, 15) is 9.90 Å². The predicted octanol–water partition coefficient (Wildman–Crippen LogP) is 2.75.